The van der Waals surface area contributed by atoms with Gasteiger partial charge in [-0.15, -0.1) is 6.58 Å². The Hall–Kier alpha value is -1.48. The summed E-state index contributed by atoms with van der Waals surface area (Å²) in [5.41, 5.74) is 1.12. The lowest BCUT2D eigenvalue weighted by Gasteiger charge is -2.18. The predicted molar refractivity (Wildman–Crippen MR) is 89.3 cm³/mol. The van der Waals surface area contributed by atoms with Crippen molar-refractivity contribution in [2.24, 2.45) is 5.92 Å². The third-order valence-electron chi connectivity index (χ3n) is 3.53. The fourth-order valence-electron chi connectivity index (χ4n) is 1.95. The molecule has 1 atom stereocenters. The van der Waals surface area contributed by atoms with Gasteiger partial charge in [-0.05, 0) is 44.4 Å². The molecule has 1 aromatic rings. The van der Waals surface area contributed by atoms with E-state index in [2.05, 4.69) is 32.7 Å². The van der Waals surface area contributed by atoms with Gasteiger partial charge in [0.15, 0.2) is 0 Å². The van der Waals surface area contributed by atoms with Crippen molar-refractivity contribution >= 4 is 0 Å². The summed E-state index contributed by atoms with van der Waals surface area (Å²) in [6.45, 7) is 14.6. The van der Waals surface area contributed by atoms with Gasteiger partial charge >= 0.3 is 0 Å². The molecule has 0 bridgehead atoms. The summed E-state index contributed by atoms with van der Waals surface area (Å²) in [7, 11) is 0. The lowest BCUT2D eigenvalue weighted by molar-refractivity contribution is 0.293. The van der Waals surface area contributed by atoms with Crippen LogP contribution in [0.1, 0.15) is 33.3 Å². The number of ether oxygens (including phenoxy) is 2. The third-order valence-corrected chi connectivity index (χ3v) is 3.53. The van der Waals surface area contributed by atoms with Gasteiger partial charge in [-0.3, -0.25) is 0 Å². The highest BCUT2D eigenvalue weighted by Crippen LogP contribution is 2.25. The van der Waals surface area contributed by atoms with Gasteiger partial charge in [0, 0.05) is 18.2 Å². The van der Waals surface area contributed by atoms with E-state index in [-0.39, 0.29) is 0 Å². The number of nitrogens with one attached hydrogen (secondary N) is 1. The van der Waals surface area contributed by atoms with Gasteiger partial charge in [0.1, 0.15) is 18.1 Å². The molecule has 1 aromatic carbocycles. The summed E-state index contributed by atoms with van der Waals surface area (Å²) >= 11 is 0. The van der Waals surface area contributed by atoms with Gasteiger partial charge in [0.05, 0.1) is 6.61 Å². The highest BCUT2D eigenvalue weighted by atomic mass is 16.5. The lowest BCUT2D eigenvalue weighted by Crippen LogP contribution is -2.33. The van der Waals surface area contributed by atoms with Crippen molar-refractivity contribution in [3.8, 4) is 11.5 Å². The minimum atomic E-state index is 0.501. The van der Waals surface area contributed by atoms with Crippen LogP contribution >= 0.6 is 0 Å². The van der Waals surface area contributed by atoms with E-state index in [0.29, 0.717) is 25.2 Å². The Balaban J connectivity index is 2.55. The fraction of sp³-hybridized carbons (Fsp3) is 0.556. The summed E-state index contributed by atoms with van der Waals surface area (Å²) in [5.74, 6) is 2.43. The molecule has 1 N–H and O–H groups in total. The molecule has 3 nitrogen and oxygen atoms in total. The zero-order chi connectivity index (χ0) is 15.7. The second-order valence-electron chi connectivity index (χ2n) is 5.53. The molecule has 0 radical (unpaired) electrons. The van der Waals surface area contributed by atoms with Crippen LogP contribution in [0.2, 0.25) is 0 Å². The molecular formula is C18H29NO2. The zero-order valence-corrected chi connectivity index (χ0v) is 13.8. The van der Waals surface area contributed by atoms with Crippen LogP contribution in [0.3, 0.4) is 0 Å². The predicted octanol–water partition coefficient (Wildman–Crippen LogP) is 3.83. The van der Waals surface area contributed by atoms with Crippen molar-refractivity contribution in [3.63, 3.8) is 0 Å². The molecule has 3 heteroatoms. The monoisotopic (exact) mass is 291 g/mol. The van der Waals surface area contributed by atoms with Crippen LogP contribution in [-0.2, 0) is 6.42 Å². The maximum absolute atomic E-state index is 5.89. The molecule has 118 valence electrons. The van der Waals surface area contributed by atoms with E-state index in [1.165, 1.54) is 0 Å². The Morgan fingerprint density at radius 3 is 2.62 bits per heavy atom. The second kappa shape index (κ2) is 9.46. The summed E-state index contributed by atoms with van der Waals surface area (Å²) in [4.78, 5) is 0. The average molecular weight is 291 g/mol. The van der Waals surface area contributed by atoms with Crippen LogP contribution in [-0.4, -0.2) is 25.8 Å². The van der Waals surface area contributed by atoms with Crippen molar-refractivity contribution in [3.05, 3.63) is 36.4 Å². The third kappa shape index (κ3) is 6.21. The van der Waals surface area contributed by atoms with Crippen LogP contribution in [0.5, 0.6) is 11.5 Å². The van der Waals surface area contributed by atoms with Gasteiger partial charge in [-0.1, -0.05) is 19.9 Å². The van der Waals surface area contributed by atoms with Crippen LogP contribution in [0.25, 0.3) is 0 Å². The number of hydrogen-bond donors (Lipinski definition) is 1. The summed E-state index contributed by atoms with van der Waals surface area (Å²) in [6, 6.07) is 6.47. The van der Waals surface area contributed by atoms with Crippen molar-refractivity contribution in [2.45, 2.75) is 40.2 Å². The molecule has 0 aliphatic heterocycles. The standard InChI is InChI=1S/C18H29NO2/c1-6-8-16-13-17(20-7-2)9-10-18(16)21-12-11-19-15(5)14(3)4/h6,9-10,13-15,19H,1,7-8,11-12H2,2-5H3. The van der Waals surface area contributed by atoms with E-state index in [1.54, 1.807) is 0 Å². The largest absolute Gasteiger partial charge is 0.494 e. The van der Waals surface area contributed by atoms with Crippen LogP contribution in [0.15, 0.2) is 30.9 Å². The van der Waals surface area contributed by atoms with E-state index >= 15 is 0 Å². The van der Waals surface area contributed by atoms with Crippen LogP contribution in [0.4, 0.5) is 0 Å². The first kappa shape index (κ1) is 17.6. The van der Waals surface area contributed by atoms with E-state index in [1.807, 2.05) is 31.2 Å². The molecule has 0 fully saturated rings. The van der Waals surface area contributed by atoms with E-state index < -0.39 is 0 Å². The first-order chi connectivity index (χ1) is 10.1. The fourth-order valence-corrected chi connectivity index (χ4v) is 1.95. The molecule has 0 aliphatic rings. The number of benzene rings is 1. The van der Waals surface area contributed by atoms with E-state index in [0.717, 1.165) is 30.0 Å². The van der Waals surface area contributed by atoms with Crippen molar-refractivity contribution in [1.82, 2.24) is 5.32 Å². The van der Waals surface area contributed by atoms with Crippen molar-refractivity contribution in [2.75, 3.05) is 19.8 Å². The molecular weight excluding hydrogens is 262 g/mol. The van der Waals surface area contributed by atoms with E-state index in [4.69, 9.17) is 9.47 Å². The molecule has 0 spiro atoms. The topological polar surface area (TPSA) is 30.5 Å². The minimum Gasteiger partial charge on any atom is -0.494 e. The number of rotatable bonds is 10. The highest BCUT2D eigenvalue weighted by Gasteiger charge is 2.07. The van der Waals surface area contributed by atoms with Crippen LogP contribution < -0.4 is 14.8 Å². The first-order valence-corrected chi connectivity index (χ1v) is 7.81. The highest BCUT2D eigenvalue weighted by molar-refractivity contribution is 5.41. The normalized spacial score (nSPS) is 12.2. The minimum absolute atomic E-state index is 0.501. The van der Waals surface area contributed by atoms with Gasteiger partial charge in [0.25, 0.3) is 0 Å². The smallest absolute Gasteiger partial charge is 0.123 e. The molecule has 1 unspecified atom stereocenters. The molecule has 1 rings (SSSR count). The average Bonchev–Trinajstić information content (AvgIpc) is 2.45. The first-order valence-electron chi connectivity index (χ1n) is 7.81. The van der Waals surface area contributed by atoms with Crippen molar-refractivity contribution < 1.29 is 9.47 Å². The Morgan fingerprint density at radius 2 is 2.00 bits per heavy atom. The Kier molecular flexibility index (Phi) is 7.91. The second-order valence-corrected chi connectivity index (χ2v) is 5.53. The molecule has 0 aromatic heterocycles. The van der Waals surface area contributed by atoms with Gasteiger partial charge in [-0.25, -0.2) is 0 Å². The van der Waals surface area contributed by atoms with Gasteiger partial charge < -0.3 is 14.8 Å². The lowest BCUT2D eigenvalue weighted by atomic mass is 10.1. The molecule has 0 heterocycles. The Morgan fingerprint density at radius 1 is 1.24 bits per heavy atom. The SMILES string of the molecule is C=CCc1cc(OCC)ccc1OCCNC(C)C(C)C. The van der Waals surface area contributed by atoms with Gasteiger partial charge in [-0.2, -0.15) is 0 Å². The van der Waals surface area contributed by atoms with Crippen LogP contribution in [0, 0.1) is 5.92 Å². The molecule has 0 saturated heterocycles. The zero-order valence-electron chi connectivity index (χ0n) is 13.8. The molecule has 0 aliphatic carbocycles. The quantitative estimate of drug-likeness (QED) is 0.525. The molecule has 21 heavy (non-hydrogen) atoms. The molecule has 0 saturated carbocycles. The summed E-state index contributed by atoms with van der Waals surface area (Å²) in [5, 5.41) is 3.47. The van der Waals surface area contributed by atoms with E-state index in [9.17, 15) is 0 Å². The number of allylic oxidation sites excluding steroid dienone is 1. The molecule has 0 amide bonds. The van der Waals surface area contributed by atoms with Gasteiger partial charge in [0.2, 0.25) is 0 Å². The maximum atomic E-state index is 5.89. The number of hydrogen-bond acceptors (Lipinski definition) is 3. The summed E-state index contributed by atoms with van der Waals surface area (Å²) in [6.07, 6.45) is 2.67. The summed E-state index contributed by atoms with van der Waals surface area (Å²) < 4.78 is 11.4. The maximum Gasteiger partial charge on any atom is 0.123 e. The van der Waals surface area contributed by atoms with Crippen molar-refractivity contribution in [1.29, 1.82) is 0 Å². The Bertz CT molecular complexity index is 429. The Labute approximate surface area is 129 Å².